The quantitative estimate of drug-likeness (QED) is 0.370. The monoisotopic (exact) mass is 360 g/mol. The molecule has 25 heavy (non-hydrogen) atoms. The van der Waals surface area contributed by atoms with Crippen LogP contribution in [0, 0.1) is 17.4 Å². The lowest BCUT2D eigenvalue weighted by atomic mass is 10.1. The summed E-state index contributed by atoms with van der Waals surface area (Å²) in [6.07, 6.45) is 3.32. The van der Waals surface area contributed by atoms with Gasteiger partial charge in [0.2, 0.25) is 11.8 Å². The first-order chi connectivity index (χ1) is 12.1. The molecule has 1 aromatic heterocycles. The van der Waals surface area contributed by atoms with Gasteiger partial charge in [-0.2, -0.15) is 5.26 Å². The second kappa shape index (κ2) is 7.38. The van der Waals surface area contributed by atoms with Crippen molar-refractivity contribution in [1.29, 1.82) is 5.26 Å². The molecule has 1 aromatic rings. The van der Waals surface area contributed by atoms with Gasteiger partial charge in [0.15, 0.2) is 11.3 Å². The minimum Gasteiger partial charge on any atom is -0.337 e. The molecule has 130 valence electrons. The first-order valence-corrected chi connectivity index (χ1v) is 8.65. The highest BCUT2D eigenvalue weighted by Gasteiger charge is 2.29. The zero-order valence-electron chi connectivity index (χ0n) is 13.4. The number of carbonyl (C=O) groups is 2. The van der Waals surface area contributed by atoms with Crippen molar-refractivity contribution in [2.24, 2.45) is 11.0 Å². The lowest BCUT2D eigenvalue weighted by molar-refractivity contribution is -0.130. The third kappa shape index (κ3) is 3.81. The van der Waals surface area contributed by atoms with Crippen LogP contribution in [0.1, 0.15) is 17.0 Å². The number of thiazole rings is 1. The number of azide groups is 1. The molecule has 0 radical (unpaired) electrons. The van der Waals surface area contributed by atoms with E-state index in [1.165, 1.54) is 11.3 Å². The van der Waals surface area contributed by atoms with Crippen LogP contribution in [0.3, 0.4) is 0 Å². The van der Waals surface area contributed by atoms with Crippen molar-refractivity contribution in [3.8, 4) is 6.19 Å². The first kappa shape index (κ1) is 17.0. The predicted octanol–water partition coefficient (Wildman–Crippen LogP) is 1.08. The van der Waals surface area contributed by atoms with E-state index in [1.807, 2.05) is 0 Å². The smallest absolute Gasteiger partial charge is 0.231 e. The largest absolute Gasteiger partial charge is 0.337 e. The SMILES string of the molecule is N#CN1CC[C@H](C(=O)Nc2nc3c(s2)CN(C(=O)CN=[N+]=[N-])CC3)C1. The van der Waals surface area contributed by atoms with E-state index in [1.54, 1.807) is 9.80 Å². The number of rotatable bonds is 4. The Kier molecular flexibility index (Phi) is 5.02. The molecule has 10 nitrogen and oxygen atoms in total. The Hall–Kier alpha value is -2.83. The van der Waals surface area contributed by atoms with Gasteiger partial charge in [0.25, 0.3) is 0 Å². The third-order valence-corrected chi connectivity index (χ3v) is 5.28. The van der Waals surface area contributed by atoms with Crippen LogP contribution in [0.15, 0.2) is 5.11 Å². The zero-order valence-corrected chi connectivity index (χ0v) is 14.2. The van der Waals surface area contributed by atoms with E-state index in [2.05, 4.69) is 26.5 Å². The van der Waals surface area contributed by atoms with E-state index in [9.17, 15) is 9.59 Å². The van der Waals surface area contributed by atoms with Gasteiger partial charge in [-0.25, -0.2) is 4.98 Å². The fraction of sp³-hybridized carbons (Fsp3) is 0.571. The summed E-state index contributed by atoms with van der Waals surface area (Å²) in [4.78, 5) is 35.4. The van der Waals surface area contributed by atoms with E-state index in [0.717, 1.165) is 10.6 Å². The maximum atomic E-state index is 12.3. The summed E-state index contributed by atoms with van der Waals surface area (Å²) in [5.74, 6) is -0.548. The van der Waals surface area contributed by atoms with Crippen molar-refractivity contribution in [3.63, 3.8) is 0 Å². The molecule has 2 amide bonds. The van der Waals surface area contributed by atoms with Crippen molar-refractivity contribution >= 4 is 28.3 Å². The second-order valence-electron chi connectivity index (χ2n) is 5.86. The number of nitrogens with zero attached hydrogens (tertiary/aromatic N) is 7. The molecule has 0 saturated carbocycles. The molecule has 3 rings (SSSR count). The lowest BCUT2D eigenvalue weighted by Crippen LogP contribution is -2.36. The number of likely N-dealkylation sites (tertiary alicyclic amines) is 1. The average molecular weight is 360 g/mol. The average Bonchev–Trinajstić information content (AvgIpc) is 3.24. The van der Waals surface area contributed by atoms with Gasteiger partial charge in [-0.1, -0.05) is 16.5 Å². The van der Waals surface area contributed by atoms with E-state index in [-0.39, 0.29) is 24.3 Å². The second-order valence-corrected chi connectivity index (χ2v) is 6.95. The molecule has 11 heteroatoms. The van der Waals surface area contributed by atoms with Gasteiger partial charge in [-0.3, -0.25) is 9.59 Å². The van der Waals surface area contributed by atoms with Crippen LogP contribution in [0.5, 0.6) is 0 Å². The van der Waals surface area contributed by atoms with Crippen molar-refractivity contribution in [3.05, 3.63) is 21.0 Å². The maximum absolute atomic E-state index is 12.3. The molecule has 0 spiro atoms. The molecule has 3 heterocycles. The maximum Gasteiger partial charge on any atom is 0.231 e. The lowest BCUT2D eigenvalue weighted by Gasteiger charge is -2.25. The Bertz CT molecular complexity index is 778. The van der Waals surface area contributed by atoms with Crippen LogP contribution in [-0.2, 0) is 22.6 Å². The molecule has 2 aliphatic rings. The van der Waals surface area contributed by atoms with Crippen LogP contribution >= 0.6 is 11.3 Å². The predicted molar refractivity (Wildman–Crippen MR) is 89.2 cm³/mol. The summed E-state index contributed by atoms with van der Waals surface area (Å²) in [6, 6.07) is 0. The fourth-order valence-corrected chi connectivity index (χ4v) is 3.95. The van der Waals surface area contributed by atoms with Crippen LogP contribution in [0.4, 0.5) is 5.13 Å². The number of aromatic nitrogens is 1. The highest BCUT2D eigenvalue weighted by molar-refractivity contribution is 7.15. The summed E-state index contributed by atoms with van der Waals surface area (Å²) in [5.41, 5.74) is 9.19. The molecule has 2 aliphatic heterocycles. The van der Waals surface area contributed by atoms with Crippen molar-refractivity contribution in [1.82, 2.24) is 14.8 Å². The van der Waals surface area contributed by atoms with Gasteiger partial charge in [0.05, 0.1) is 18.2 Å². The van der Waals surface area contributed by atoms with E-state index >= 15 is 0 Å². The molecule has 1 fully saturated rings. The minimum absolute atomic E-state index is 0.125. The molecule has 1 N–H and O–H groups in total. The van der Waals surface area contributed by atoms with Crippen molar-refractivity contribution in [2.45, 2.75) is 19.4 Å². The van der Waals surface area contributed by atoms with Crippen LogP contribution < -0.4 is 5.32 Å². The highest BCUT2D eigenvalue weighted by atomic mass is 32.1. The van der Waals surface area contributed by atoms with E-state index in [4.69, 9.17) is 10.8 Å². The molecular formula is C14H16N8O2S. The first-order valence-electron chi connectivity index (χ1n) is 7.83. The molecule has 0 bridgehead atoms. The van der Waals surface area contributed by atoms with Gasteiger partial charge in [-0.05, 0) is 12.0 Å². The molecule has 0 unspecified atom stereocenters. The van der Waals surface area contributed by atoms with E-state index in [0.29, 0.717) is 44.2 Å². The summed E-state index contributed by atoms with van der Waals surface area (Å²) in [7, 11) is 0. The number of nitrogens with one attached hydrogen (secondary N) is 1. The van der Waals surface area contributed by atoms with Crippen molar-refractivity contribution in [2.75, 3.05) is 31.5 Å². The highest BCUT2D eigenvalue weighted by Crippen LogP contribution is 2.29. The number of carbonyl (C=O) groups excluding carboxylic acids is 2. The molecule has 0 aromatic carbocycles. The van der Waals surface area contributed by atoms with Gasteiger partial charge in [0.1, 0.15) is 6.54 Å². The van der Waals surface area contributed by atoms with Gasteiger partial charge in [-0.15, -0.1) is 0 Å². The number of anilines is 1. The van der Waals surface area contributed by atoms with E-state index < -0.39 is 0 Å². The Morgan fingerprint density at radius 2 is 2.36 bits per heavy atom. The normalized spacial score (nSPS) is 18.9. The number of hydrogen-bond acceptors (Lipinski definition) is 7. The number of amides is 2. The topological polar surface area (TPSA) is 138 Å². The number of fused-ring (bicyclic) bond motifs is 1. The summed E-state index contributed by atoms with van der Waals surface area (Å²) >= 11 is 1.36. The summed E-state index contributed by atoms with van der Waals surface area (Å²) in [6.45, 7) is 1.78. The fourth-order valence-electron chi connectivity index (χ4n) is 2.93. The van der Waals surface area contributed by atoms with Crippen LogP contribution in [0.25, 0.3) is 10.4 Å². The minimum atomic E-state index is -0.218. The van der Waals surface area contributed by atoms with Gasteiger partial charge < -0.3 is 15.1 Å². The molecule has 1 atom stereocenters. The summed E-state index contributed by atoms with van der Waals surface area (Å²) < 4.78 is 0. The number of nitriles is 1. The van der Waals surface area contributed by atoms with Crippen LogP contribution in [-0.4, -0.2) is 52.8 Å². The molecular weight excluding hydrogens is 344 g/mol. The number of hydrogen-bond donors (Lipinski definition) is 1. The Labute approximate surface area is 147 Å². The van der Waals surface area contributed by atoms with Gasteiger partial charge >= 0.3 is 0 Å². The summed E-state index contributed by atoms with van der Waals surface area (Å²) in [5, 5.41) is 15.5. The standard InChI is InChI=1S/C14H16N8O2S/c15-8-21-3-1-9(6-21)13(24)19-14-18-10-2-4-22(7-11(10)25-14)12(23)5-17-20-16/h9H,1-7H2,(H,18,19,24)/t9-/m0/s1. The zero-order chi connectivity index (χ0) is 17.8. The Balaban J connectivity index is 1.61. The van der Waals surface area contributed by atoms with Crippen LogP contribution in [0.2, 0.25) is 0 Å². The Morgan fingerprint density at radius 1 is 1.52 bits per heavy atom. The van der Waals surface area contributed by atoms with Crippen molar-refractivity contribution < 1.29 is 9.59 Å². The molecule has 0 aliphatic carbocycles. The molecule has 1 saturated heterocycles. The van der Waals surface area contributed by atoms with Gasteiger partial charge in [0, 0.05) is 35.8 Å². The Morgan fingerprint density at radius 3 is 3.08 bits per heavy atom. The third-order valence-electron chi connectivity index (χ3n) is 4.28.